The number of nitrogens with two attached hydrogens (primary N) is 1. The minimum Gasteiger partial charge on any atom is -0.383 e. The van der Waals surface area contributed by atoms with Crippen molar-refractivity contribution in [1.29, 1.82) is 0 Å². The van der Waals surface area contributed by atoms with Gasteiger partial charge >= 0.3 is 0 Å². The summed E-state index contributed by atoms with van der Waals surface area (Å²) >= 11 is 1.49. The van der Waals surface area contributed by atoms with Crippen LogP contribution in [0, 0.1) is 10.1 Å². The van der Waals surface area contributed by atoms with Crippen LogP contribution in [0.2, 0.25) is 0 Å². The molecule has 0 amide bonds. The van der Waals surface area contributed by atoms with Crippen LogP contribution in [-0.2, 0) is 6.54 Å². The second-order valence-corrected chi connectivity index (χ2v) is 4.15. The van der Waals surface area contributed by atoms with Crippen molar-refractivity contribution in [3.05, 3.63) is 38.8 Å². The number of hydrogen-bond acceptors (Lipinski definition) is 7. The van der Waals surface area contributed by atoms with Crippen LogP contribution in [0.1, 0.15) is 5.01 Å². The van der Waals surface area contributed by atoms with Crippen molar-refractivity contribution in [2.45, 2.75) is 6.54 Å². The average Bonchev–Trinajstić information content (AvgIpc) is 2.78. The summed E-state index contributed by atoms with van der Waals surface area (Å²) in [6.07, 6.45) is 1.69. The highest BCUT2D eigenvalue weighted by molar-refractivity contribution is 7.09. The van der Waals surface area contributed by atoms with E-state index in [0.717, 1.165) is 5.01 Å². The predicted molar refractivity (Wildman–Crippen MR) is 64.7 cm³/mol. The molecule has 2 aromatic heterocycles. The number of nitrogen functional groups attached to an aromatic ring is 1. The molecule has 0 unspecified atom stereocenters. The molecule has 8 heteroatoms. The lowest BCUT2D eigenvalue weighted by Gasteiger charge is -2.04. The number of pyridine rings is 1. The number of anilines is 2. The largest absolute Gasteiger partial charge is 0.383 e. The van der Waals surface area contributed by atoms with E-state index in [2.05, 4.69) is 15.3 Å². The van der Waals surface area contributed by atoms with Gasteiger partial charge < -0.3 is 11.1 Å². The third-order valence-corrected chi connectivity index (χ3v) is 2.72. The quantitative estimate of drug-likeness (QED) is 0.631. The van der Waals surface area contributed by atoms with E-state index >= 15 is 0 Å². The molecule has 0 radical (unpaired) electrons. The molecule has 88 valence electrons. The van der Waals surface area contributed by atoms with Gasteiger partial charge in [-0.2, -0.15) is 0 Å². The van der Waals surface area contributed by atoms with Crippen LogP contribution in [0.5, 0.6) is 0 Å². The van der Waals surface area contributed by atoms with Crippen molar-refractivity contribution in [2.24, 2.45) is 0 Å². The molecule has 3 N–H and O–H groups in total. The summed E-state index contributed by atoms with van der Waals surface area (Å²) in [5.41, 5.74) is 5.39. The van der Waals surface area contributed by atoms with Crippen molar-refractivity contribution < 1.29 is 4.92 Å². The summed E-state index contributed by atoms with van der Waals surface area (Å²) in [7, 11) is 0. The molecule has 0 aromatic carbocycles. The first kappa shape index (κ1) is 11.3. The van der Waals surface area contributed by atoms with Gasteiger partial charge in [-0.1, -0.05) is 0 Å². The van der Waals surface area contributed by atoms with Crippen LogP contribution < -0.4 is 11.1 Å². The third-order valence-electron chi connectivity index (χ3n) is 1.94. The Balaban J connectivity index is 2.13. The fourth-order valence-corrected chi connectivity index (χ4v) is 1.80. The lowest BCUT2D eigenvalue weighted by atomic mass is 10.3. The first-order valence-corrected chi connectivity index (χ1v) is 5.57. The Labute approximate surface area is 100 Å². The van der Waals surface area contributed by atoms with Crippen molar-refractivity contribution in [3.8, 4) is 0 Å². The fraction of sp³-hybridized carbons (Fsp3) is 0.111. The van der Waals surface area contributed by atoms with E-state index in [0.29, 0.717) is 12.4 Å². The van der Waals surface area contributed by atoms with Crippen LogP contribution in [0.4, 0.5) is 17.3 Å². The van der Waals surface area contributed by atoms with Gasteiger partial charge in [-0.25, -0.2) is 9.97 Å². The highest BCUT2D eigenvalue weighted by atomic mass is 32.1. The molecular weight excluding hydrogens is 242 g/mol. The van der Waals surface area contributed by atoms with Gasteiger partial charge in [0.05, 0.1) is 23.6 Å². The number of aromatic nitrogens is 2. The van der Waals surface area contributed by atoms with E-state index in [1.54, 1.807) is 6.20 Å². The van der Waals surface area contributed by atoms with Gasteiger partial charge in [-0.05, 0) is 0 Å². The molecule has 0 spiro atoms. The predicted octanol–water partition coefficient (Wildman–Crippen LogP) is 1.64. The van der Waals surface area contributed by atoms with Crippen LogP contribution in [0.25, 0.3) is 0 Å². The summed E-state index contributed by atoms with van der Waals surface area (Å²) in [6.45, 7) is 0.464. The molecule has 2 aromatic rings. The van der Waals surface area contributed by atoms with Gasteiger partial charge in [0.2, 0.25) is 0 Å². The monoisotopic (exact) mass is 251 g/mol. The molecule has 0 saturated carbocycles. The van der Waals surface area contributed by atoms with Gasteiger partial charge in [0.15, 0.2) is 0 Å². The maximum atomic E-state index is 10.6. The first-order valence-electron chi connectivity index (χ1n) is 4.69. The molecule has 2 heterocycles. The van der Waals surface area contributed by atoms with E-state index in [-0.39, 0.29) is 11.5 Å². The van der Waals surface area contributed by atoms with Gasteiger partial charge in [-0.3, -0.25) is 10.1 Å². The molecule has 0 aliphatic heterocycles. The molecule has 17 heavy (non-hydrogen) atoms. The Morgan fingerprint density at radius 2 is 2.35 bits per heavy atom. The Morgan fingerprint density at radius 1 is 1.53 bits per heavy atom. The lowest BCUT2D eigenvalue weighted by Crippen LogP contribution is -2.03. The summed E-state index contributed by atoms with van der Waals surface area (Å²) in [5, 5.41) is 16.3. The SMILES string of the molecule is Nc1cc([N+](=O)[O-])cc(NCc2nccs2)n1. The Bertz CT molecular complexity index is 528. The zero-order valence-corrected chi connectivity index (χ0v) is 9.48. The van der Waals surface area contributed by atoms with Crippen molar-refractivity contribution in [3.63, 3.8) is 0 Å². The smallest absolute Gasteiger partial charge is 0.276 e. The lowest BCUT2D eigenvalue weighted by molar-refractivity contribution is -0.384. The van der Waals surface area contributed by atoms with Crippen LogP contribution in [0.3, 0.4) is 0 Å². The first-order chi connectivity index (χ1) is 8.15. The van der Waals surface area contributed by atoms with E-state index in [4.69, 9.17) is 5.73 Å². The molecule has 0 bridgehead atoms. The fourth-order valence-electron chi connectivity index (χ4n) is 1.24. The maximum Gasteiger partial charge on any atom is 0.276 e. The highest BCUT2D eigenvalue weighted by Gasteiger charge is 2.09. The second-order valence-electron chi connectivity index (χ2n) is 3.17. The third kappa shape index (κ3) is 2.88. The van der Waals surface area contributed by atoms with E-state index < -0.39 is 4.92 Å². The minimum atomic E-state index is -0.507. The molecule has 0 fully saturated rings. The molecule has 2 rings (SSSR count). The van der Waals surface area contributed by atoms with Crippen molar-refractivity contribution >= 4 is 28.7 Å². The van der Waals surface area contributed by atoms with Crippen LogP contribution in [-0.4, -0.2) is 14.9 Å². The molecular formula is C9H9N5O2S. The maximum absolute atomic E-state index is 10.6. The van der Waals surface area contributed by atoms with Crippen molar-refractivity contribution in [1.82, 2.24) is 9.97 Å². The number of nitrogens with one attached hydrogen (secondary N) is 1. The average molecular weight is 251 g/mol. The van der Waals surface area contributed by atoms with E-state index in [9.17, 15) is 10.1 Å². The van der Waals surface area contributed by atoms with Crippen molar-refractivity contribution in [2.75, 3.05) is 11.1 Å². The molecule has 0 saturated heterocycles. The number of hydrogen-bond donors (Lipinski definition) is 2. The second kappa shape index (κ2) is 4.74. The zero-order valence-electron chi connectivity index (χ0n) is 8.66. The molecule has 7 nitrogen and oxygen atoms in total. The van der Waals surface area contributed by atoms with Gasteiger partial charge in [0.25, 0.3) is 5.69 Å². The standard InChI is InChI=1S/C9H9N5O2S/c10-7-3-6(14(15)16)4-8(13-7)12-5-9-11-1-2-17-9/h1-4H,5H2,(H3,10,12,13). The minimum absolute atomic E-state index is 0.0841. The topological polar surface area (TPSA) is 107 Å². The van der Waals surface area contributed by atoms with Crippen LogP contribution >= 0.6 is 11.3 Å². The summed E-state index contributed by atoms with van der Waals surface area (Å²) in [6, 6.07) is 2.55. The number of nitrogens with zero attached hydrogens (tertiary/aromatic N) is 3. The number of rotatable bonds is 4. The Kier molecular flexibility index (Phi) is 3.15. The van der Waals surface area contributed by atoms with Crippen LogP contribution in [0.15, 0.2) is 23.7 Å². The molecule has 0 aliphatic rings. The molecule has 0 atom stereocenters. The normalized spacial score (nSPS) is 10.1. The molecule has 0 aliphatic carbocycles. The van der Waals surface area contributed by atoms with Gasteiger partial charge in [-0.15, -0.1) is 11.3 Å². The number of nitro groups is 1. The summed E-state index contributed by atoms with van der Waals surface area (Å²) < 4.78 is 0. The van der Waals surface area contributed by atoms with E-state index in [1.165, 1.54) is 23.5 Å². The Hall–Kier alpha value is -2.22. The highest BCUT2D eigenvalue weighted by Crippen LogP contribution is 2.19. The zero-order chi connectivity index (χ0) is 12.3. The van der Waals surface area contributed by atoms with E-state index in [1.807, 2.05) is 5.38 Å². The van der Waals surface area contributed by atoms with Gasteiger partial charge in [0.1, 0.15) is 16.6 Å². The number of thiazole rings is 1. The van der Waals surface area contributed by atoms with Gasteiger partial charge in [0, 0.05) is 11.6 Å². The summed E-state index contributed by atoms with van der Waals surface area (Å²) in [5.74, 6) is 0.479. The Morgan fingerprint density at radius 3 is 3.00 bits per heavy atom. The summed E-state index contributed by atoms with van der Waals surface area (Å²) in [4.78, 5) is 18.1.